The van der Waals surface area contributed by atoms with Crippen molar-refractivity contribution >= 4 is 35.0 Å². The smallest absolute Gasteiger partial charge is 0.416 e. The van der Waals surface area contributed by atoms with Gasteiger partial charge in [-0.3, -0.25) is 19.2 Å². The summed E-state index contributed by atoms with van der Waals surface area (Å²) in [7, 11) is 1.33. The van der Waals surface area contributed by atoms with Crippen LogP contribution >= 0.6 is 0 Å². The molecule has 0 radical (unpaired) electrons. The molecule has 3 aromatic rings. The number of fused-ring (bicyclic) bond motifs is 4. The molecule has 0 unspecified atom stereocenters. The summed E-state index contributed by atoms with van der Waals surface area (Å²) in [6.07, 6.45) is -8.93. The van der Waals surface area contributed by atoms with Crippen LogP contribution in [0.25, 0.3) is 0 Å². The van der Waals surface area contributed by atoms with Gasteiger partial charge in [-0.05, 0) is 73.7 Å². The molecule has 260 valence electrons. The summed E-state index contributed by atoms with van der Waals surface area (Å²) in [5, 5.41) is 10.4. The number of halogens is 6. The number of hydrogen-bond acceptors (Lipinski definition) is 6. The van der Waals surface area contributed by atoms with Gasteiger partial charge in [-0.2, -0.15) is 26.3 Å². The van der Waals surface area contributed by atoms with Crippen LogP contribution in [0.2, 0.25) is 0 Å². The second-order valence-electron chi connectivity index (χ2n) is 13.2. The summed E-state index contributed by atoms with van der Waals surface area (Å²) in [6.45, 7) is 1.64. The summed E-state index contributed by atoms with van der Waals surface area (Å²) in [5.41, 5.74) is -4.35. The molecule has 2 saturated heterocycles. The standard InChI is InChI=1S/C36H28F6N2O6/c1-34-25(31(47)44(33(34)49)20-6-4-3-5-7-20)16-24-22(29(34)17-8-11-26(45)27(12-17)50-2)9-10-23-28(24)32(48)43(30(23)46)21-14-18(35(37,38)39)13-19(15-21)36(40,41)42/h3-9,11-15,23-25,28-29,45H,10,16H2,1-2H3/t23-,24+,25-,28-,29-,34+/m0/s1. The molecule has 0 bridgehead atoms. The lowest BCUT2D eigenvalue weighted by Gasteiger charge is -2.49. The van der Waals surface area contributed by atoms with Crippen molar-refractivity contribution < 1.29 is 55.4 Å². The number of amides is 4. The summed E-state index contributed by atoms with van der Waals surface area (Å²) < 4.78 is 87.8. The van der Waals surface area contributed by atoms with Crippen LogP contribution in [0.5, 0.6) is 11.5 Å². The minimum absolute atomic E-state index is 0.0686. The largest absolute Gasteiger partial charge is 0.504 e. The van der Waals surface area contributed by atoms with Crippen molar-refractivity contribution in [2.24, 2.45) is 29.1 Å². The number of phenolic OH excluding ortho intramolecular Hbond substituents is 1. The third-order valence-electron chi connectivity index (χ3n) is 10.7. The molecule has 0 aromatic heterocycles. The molecule has 8 nitrogen and oxygen atoms in total. The van der Waals surface area contributed by atoms with Crippen LogP contribution in [-0.2, 0) is 31.5 Å². The van der Waals surface area contributed by atoms with E-state index in [0.717, 1.165) is 4.90 Å². The number of phenols is 1. The number of aromatic hydroxyl groups is 1. The molecule has 1 saturated carbocycles. The van der Waals surface area contributed by atoms with Gasteiger partial charge in [0.1, 0.15) is 0 Å². The Morgan fingerprint density at radius 3 is 2.02 bits per heavy atom. The highest BCUT2D eigenvalue weighted by Gasteiger charge is 2.67. The van der Waals surface area contributed by atoms with Crippen LogP contribution in [0.1, 0.15) is 42.4 Å². The molecule has 2 heterocycles. The molecule has 14 heteroatoms. The van der Waals surface area contributed by atoms with E-state index in [9.17, 15) is 50.6 Å². The lowest BCUT2D eigenvalue weighted by molar-refractivity contribution is -0.143. The fourth-order valence-corrected chi connectivity index (χ4v) is 8.41. The maximum atomic E-state index is 14.4. The highest BCUT2D eigenvalue weighted by atomic mass is 19.4. The first-order chi connectivity index (χ1) is 23.5. The van der Waals surface area contributed by atoms with Gasteiger partial charge in [0, 0.05) is 5.92 Å². The summed E-state index contributed by atoms with van der Waals surface area (Å²) in [6, 6.07) is 13.2. The van der Waals surface area contributed by atoms with E-state index in [0.29, 0.717) is 33.9 Å². The van der Waals surface area contributed by atoms with Gasteiger partial charge in [0.25, 0.3) is 0 Å². The monoisotopic (exact) mass is 698 g/mol. The topological polar surface area (TPSA) is 104 Å². The SMILES string of the molecule is COc1cc([C@H]2C3=CC[C@@H]4C(=O)N(c5cc(C(F)(F)F)cc(C(F)(F)F)c5)C(=O)[C@@H]4[C@@H]3C[C@H]3C(=O)N(c4ccccc4)C(=O)[C@@]23C)ccc1O. The predicted octanol–water partition coefficient (Wildman–Crippen LogP) is 6.87. The van der Waals surface area contributed by atoms with Crippen molar-refractivity contribution in [3.05, 3.63) is 95.1 Å². The Morgan fingerprint density at radius 1 is 0.780 bits per heavy atom. The number of methoxy groups -OCH3 is 1. The normalized spacial score (nSPS) is 28.0. The van der Waals surface area contributed by atoms with E-state index in [2.05, 4.69) is 0 Å². The van der Waals surface area contributed by atoms with Crippen molar-refractivity contribution in [1.29, 1.82) is 0 Å². The fourth-order valence-electron chi connectivity index (χ4n) is 8.41. The van der Waals surface area contributed by atoms with E-state index in [-0.39, 0.29) is 30.4 Å². The number of carbonyl (C=O) groups is 4. The van der Waals surface area contributed by atoms with Crippen LogP contribution in [0.3, 0.4) is 0 Å². The zero-order valence-electron chi connectivity index (χ0n) is 26.4. The lowest BCUT2D eigenvalue weighted by Crippen LogP contribution is -2.48. The van der Waals surface area contributed by atoms with Gasteiger partial charge in [0.2, 0.25) is 23.6 Å². The molecule has 3 aromatic carbocycles. The minimum atomic E-state index is -5.21. The molecule has 2 aliphatic carbocycles. The highest BCUT2D eigenvalue weighted by molar-refractivity contribution is 6.25. The Kier molecular flexibility index (Phi) is 7.47. The third kappa shape index (κ3) is 4.82. The number of hydrogen-bond donors (Lipinski definition) is 1. The van der Waals surface area contributed by atoms with E-state index < -0.39 is 87.8 Å². The molecular formula is C36H28F6N2O6. The first-order valence-electron chi connectivity index (χ1n) is 15.7. The predicted molar refractivity (Wildman–Crippen MR) is 165 cm³/mol. The highest BCUT2D eigenvalue weighted by Crippen LogP contribution is 2.64. The Balaban J connectivity index is 1.36. The number of imide groups is 2. The van der Waals surface area contributed by atoms with E-state index >= 15 is 0 Å². The van der Waals surface area contributed by atoms with Gasteiger partial charge in [-0.25, -0.2) is 9.80 Å². The molecule has 6 atom stereocenters. The minimum Gasteiger partial charge on any atom is -0.504 e. The molecular weight excluding hydrogens is 670 g/mol. The van der Waals surface area contributed by atoms with E-state index in [4.69, 9.17) is 4.74 Å². The van der Waals surface area contributed by atoms with Gasteiger partial charge in [0.15, 0.2) is 11.5 Å². The number of para-hydroxylation sites is 1. The van der Waals surface area contributed by atoms with Crippen molar-refractivity contribution in [3.63, 3.8) is 0 Å². The first kappa shape index (κ1) is 33.4. The lowest BCUT2D eigenvalue weighted by atomic mass is 9.51. The Bertz CT molecular complexity index is 1960. The molecule has 7 rings (SSSR count). The maximum absolute atomic E-state index is 14.4. The third-order valence-corrected chi connectivity index (χ3v) is 10.7. The second-order valence-corrected chi connectivity index (χ2v) is 13.2. The number of benzene rings is 3. The first-order valence-corrected chi connectivity index (χ1v) is 15.7. The number of alkyl halides is 6. The molecule has 1 N–H and O–H groups in total. The maximum Gasteiger partial charge on any atom is 0.416 e. The molecule has 2 aliphatic heterocycles. The van der Waals surface area contributed by atoms with Crippen LogP contribution in [-0.4, -0.2) is 35.8 Å². The second kappa shape index (κ2) is 11.2. The number of carbonyl (C=O) groups excluding carboxylic acids is 4. The molecule has 3 fully saturated rings. The van der Waals surface area contributed by atoms with Crippen LogP contribution in [0, 0.1) is 29.1 Å². The van der Waals surface area contributed by atoms with Crippen LogP contribution < -0.4 is 14.5 Å². The Morgan fingerprint density at radius 2 is 1.42 bits per heavy atom. The summed E-state index contributed by atoms with van der Waals surface area (Å²) in [5.74, 6) is -8.37. The van der Waals surface area contributed by atoms with Crippen molar-refractivity contribution in [2.45, 2.75) is 38.0 Å². The Hall–Kier alpha value is -5.14. The van der Waals surface area contributed by atoms with E-state index in [1.165, 1.54) is 19.2 Å². The zero-order chi connectivity index (χ0) is 36.1. The van der Waals surface area contributed by atoms with Crippen molar-refractivity contribution in [3.8, 4) is 11.5 Å². The Labute approximate surface area is 280 Å². The zero-order valence-corrected chi connectivity index (χ0v) is 26.4. The number of nitrogens with zero attached hydrogens (tertiary/aromatic N) is 2. The van der Waals surface area contributed by atoms with Crippen LogP contribution in [0.15, 0.2) is 78.4 Å². The summed E-state index contributed by atoms with van der Waals surface area (Å²) in [4.78, 5) is 58.2. The fraction of sp³-hybridized carbons (Fsp3) is 0.333. The quantitative estimate of drug-likeness (QED) is 0.181. The number of ether oxygens (including phenoxy) is 1. The van der Waals surface area contributed by atoms with Crippen molar-refractivity contribution in [1.82, 2.24) is 0 Å². The molecule has 50 heavy (non-hydrogen) atoms. The number of rotatable bonds is 4. The van der Waals surface area contributed by atoms with Gasteiger partial charge in [-0.1, -0.05) is 35.9 Å². The summed E-state index contributed by atoms with van der Waals surface area (Å²) >= 11 is 0. The van der Waals surface area contributed by atoms with Gasteiger partial charge < -0.3 is 9.84 Å². The molecule has 4 aliphatic rings. The van der Waals surface area contributed by atoms with Gasteiger partial charge in [-0.15, -0.1) is 0 Å². The number of allylic oxidation sites excluding steroid dienone is 2. The molecule has 0 spiro atoms. The number of anilines is 2. The van der Waals surface area contributed by atoms with Crippen molar-refractivity contribution in [2.75, 3.05) is 16.9 Å². The average Bonchev–Trinajstić information content (AvgIpc) is 3.44. The van der Waals surface area contributed by atoms with Gasteiger partial charge in [0.05, 0.1) is 52.8 Å². The average molecular weight is 699 g/mol. The molecule has 4 amide bonds. The van der Waals surface area contributed by atoms with E-state index in [1.54, 1.807) is 49.4 Å². The van der Waals surface area contributed by atoms with Gasteiger partial charge >= 0.3 is 12.4 Å². The van der Waals surface area contributed by atoms with E-state index in [1.807, 2.05) is 0 Å². The van der Waals surface area contributed by atoms with Crippen LogP contribution in [0.4, 0.5) is 37.7 Å².